The van der Waals surface area contributed by atoms with Gasteiger partial charge in [-0.15, -0.1) is 0 Å². The summed E-state index contributed by atoms with van der Waals surface area (Å²) >= 11 is 0. The lowest BCUT2D eigenvalue weighted by atomic mass is 10.1. The Morgan fingerprint density at radius 1 is 1.24 bits per heavy atom. The number of amides is 1. The van der Waals surface area contributed by atoms with Crippen molar-refractivity contribution in [3.05, 3.63) is 53.2 Å². The highest BCUT2D eigenvalue weighted by Crippen LogP contribution is 2.19. The molecule has 0 fully saturated rings. The van der Waals surface area contributed by atoms with E-state index in [9.17, 15) is 4.79 Å². The molecule has 21 heavy (non-hydrogen) atoms. The molecule has 110 valence electrons. The van der Waals surface area contributed by atoms with E-state index in [1.807, 2.05) is 51.1 Å². The van der Waals surface area contributed by atoms with Crippen molar-refractivity contribution in [3.63, 3.8) is 0 Å². The second-order valence-corrected chi connectivity index (χ2v) is 5.01. The number of nitrogen functional groups attached to an aromatic ring is 1. The molecule has 1 aromatic heterocycles. The molecule has 0 saturated carbocycles. The first-order chi connectivity index (χ1) is 10.0. The van der Waals surface area contributed by atoms with Crippen LogP contribution in [0.4, 0.5) is 11.5 Å². The number of rotatable bonds is 4. The molecule has 0 saturated heterocycles. The first-order valence-corrected chi connectivity index (χ1v) is 7.20. The van der Waals surface area contributed by atoms with Crippen LogP contribution in [0.2, 0.25) is 0 Å². The minimum Gasteiger partial charge on any atom is -0.384 e. The Morgan fingerprint density at radius 2 is 2.00 bits per heavy atom. The van der Waals surface area contributed by atoms with Crippen molar-refractivity contribution in [2.75, 3.05) is 17.2 Å². The lowest BCUT2D eigenvalue weighted by Crippen LogP contribution is -2.30. The van der Waals surface area contributed by atoms with Crippen LogP contribution in [0.1, 0.15) is 35.5 Å². The Kier molecular flexibility index (Phi) is 4.58. The van der Waals surface area contributed by atoms with Gasteiger partial charge in [0.25, 0.3) is 5.91 Å². The van der Waals surface area contributed by atoms with E-state index in [1.165, 1.54) is 0 Å². The van der Waals surface area contributed by atoms with Crippen molar-refractivity contribution < 1.29 is 4.79 Å². The smallest absolute Gasteiger partial charge is 0.258 e. The molecule has 4 heteroatoms. The molecule has 0 spiro atoms. The molecule has 0 aliphatic rings. The number of aromatic nitrogens is 1. The van der Waals surface area contributed by atoms with Crippen LogP contribution >= 0.6 is 0 Å². The molecule has 0 bridgehead atoms. The summed E-state index contributed by atoms with van der Waals surface area (Å²) < 4.78 is 0. The first-order valence-electron chi connectivity index (χ1n) is 7.20. The van der Waals surface area contributed by atoms with Gasteiger partial charge < -0.3 is 10.6 Å². The molecule has 4 nitrogen and oxygen atoms in total. The predicted molar refractivity (Wildman–Crippen MR) is 86.6 cm³/mol. The maximum atomic E-state index is 12.8. The molecule has 2 rings (SSSR count). The lowest BCUT2D eigenvalue weighted by molar-refractivity contribution is 0.0988. The van der Waals surface area contributed by atoms with E-state index >= 15 is 0 Å². The van der Waals surface area contributed by atoms with Crippen LogP contribution in [0.3, 0.4) is 0 Å². The molecule has 0 atom stereocenters. The summed E-state index contributed by atoms with van der Waals surface area (Å²) in [6.45, 7) is 6.58. The zero-order chi connectivity index (χ0) is 15.4. The van der Waals surface area contributed by atoms with E-state index < -0.39 is 0 Å². The highest BCUT2D eigenvalue weighted by Gasteiger charge is 2.17. The second-order valence-electron chi connectivity index (χ2n) is 5.01. The third-order valence-electron chi connectivity index (χ3n) is 3.38. The number of aryl methyl sites for hydroxylation is 2. The van der Waals surface area contributed by atoms with Gasteiger partial charge in [0.15, 0.2) is 0 Å². The summed E-state index contributed by atoms with van der Waals surface area (Å²) in [6.07, 6.45) is 0.752. The summed E-state index contributed by atoms with van der Waals surface area (Å²) in [5.74, 6) is 0.338. The van der Waals surface area contributed by atoms with Crippen molar-refractivity contribution in [3.8, 4) is 0 Å². The third kappa shape index (κ3) is 3.40. The van der Waals surface area contributed by atoms with Crippen molar-refractivity contribution >= 4 is 17.4 Å². The third-order valence-corrected chi connectivity index (χ3v) is 3.38. The molecule has 0 aliphatic heterocycles. The van der Waals surface area contributed by atoms with Gasteiger partial charge in [-0.05, 0) is 50.1 Å². The summed E-state index contributed by atoms with van der Waals surface area (Å²) in [7, 11) is 0. The topological polar surface area (TPSA) is 59.2 Å². The maximum Gasteiger partial charge on any atom is 0.258 e. The van der Waals surface area contributed by atoms with Gasteiger partial charge in [0.2, 0.25) is 0 Å². The SMILES string of the molecule is CCc1cc(C(=O)N(CC)c2cccc(C)c2)cc(N)n1. The quantitative estimate of drug-likeness (QED) is 0.937. The average molecular weight is 283 g/mol. The number of carbonyl (C=O) groups is 1. The fraction of sp³-hybridized carbons (Fsp3) is 0.294. The van der Waals surface area contributed by atoms with Crippen molar-refractivity contribution in [2.45, 2.75) is 27.2 Å². The fourth-order valence-electron chi connectivity index (χ4n) is 2.31. The number of carbonyl (C=O) groups excluding carboxylic acids is 1. The van der Waals surface area contributed by atoms with Crippen LogP contribution in [0.5, 0.6) is 0 Å². The normalized spacial score (nSPS) is 10.4. The van der Waals surface area contributed by atoms with Crippen LogP contribution in [-0.4, -0.2) is 17.4 Å². The van der Waals surface area contributed by atoms with Gasteiger partial charge in [0, 0.05) is 23.5 Å². The predicted octanol–water partition coefficient (Wildman–Crippen LogP) is 3.20. The highest BCUT2D eigenvalue weighted by atomic mass is 16.2. The maximum absolute atomic E-state index is 12.8. The molecule has 1 aromatic carbocycles. The molecule has 1 amide bonds. The minimum atomic E-state index is -0.0492. The fourth-order valence-corrected chi connectivity index (χ4v) is 2.31. The van der Waals surface area contributed by atoms with Crippen LogP contribution in [0.15, 0.2) is 36.4 Å². The zero-order valence-electron chi connectivity index (χ0n) is 12.8. The number of pyridine rings is 1. The number of anilines is 2. The van der Waals surface area contributed by atoms with Crippen LogP contribution in [0, 0.1) is 6.92 Å². The summed E-state index contributed by atoms with van der Waals surface area (Å²) in [5.41, 5.74) is 9.24. The van der Waals surface area contributed by atoms with Gasteiger partial charge in [-0.2, -0.15) is 0 Å². The number of nitrogens with two attached hydrogens (primary N) is 1. The van der Waals surface area contributed by atoms with Gasteiger partial charge in [0.05, 0.1) is 0 Å². The standard InChI is InChI=1S/C17H21N3O/c1-4-14-10-13(11-16(18)19-14)17(21)20(5-2)15-8-6-7-12(3)9-15/h6-11H,4-5H2,1-3H3,(H2,18,19). The summed E-state index contributed by atoms with van der Waals surface area (Å²) in [5, 5.41) is 0. The van der Waals surface area contributed by atoms with Crippen molar-refractivity contribution in [1.29, 1.82) is 0 Å². The zero-order valence-corrected chi connectivity index (χ0v) is 12.8. The highest BCUT2D eigenvalue weighted by molar-refractivity contribution is 6.06. The Morgan fingerprint density at radius 3 is 2.62 bits per heavy atom. The van der Waals surface area contributed by atoms with Crippen LogP contribution in [0.25, 0.3) is 0 Å². The molecule has 1 heterocycles. The van der Waals surface area contributed by atoms with Crippen molar-refractivity contribution in [2.24, 2.45) is 0 Å². The molecule has 0 aliphatic carbocycles. The summed E-state index contributed by atoms with van der Waals surface area (Å²) in [4.78, 5) is 18.7. The van der Waals surface area contributed by atoms with Gasteiger partial charge in [0.1, 0.15) is 5.82 Å². The van der Waals surface area contributed by atoms with E-state index in [1.54, 1.807) is 11.0 Å². The lowest BCUT2D eigenvalue weighted by Gasteiger charge is -2.22. The summed E-state index contributed by atoms with van der Waals surface area (Å²) in [6, 6.07) is 11.4. The number of benzene rings is 1. The van der Waals surface area contributed by atoms with Gasteiger partial charge in [-0.25, -0.2) is 4.98 Å². The Bertz CT molecular complexity index is 652. The molecule has 0 radical (unpaired) electrons. The van der Waals surface area contributed by atoms with E-state index in [2.05, 4.69) is 4.98 Å². The van der Waals surface area contributed by atoms with Gasteiger partial charge >= 0.3 is 0 Å². The molecule has 2 N–H and O–H groups in total. The first kappa shape index (κ1) is 15.0. The molecule has 2 aromatic rings. The Balaban J connectivity index is 2.39. The van der Waals surface area contributed by atoms with E-state index in [0.29, 0.717) is 17.9 Å². The van der Waals surface area contributed by atoms with E-state index in [4.69, 9.17) is 5.73 Å². The molecular formula is C17H21N3O. The Labute approximate surface area is 125 Å². The number of nitrogens with zero attached hydrogens (tertiary/aromatic N) is 2. The monoisotopic (exact) mass is 283 g/mol. The number of hydrogen-bond donors (Lipinski definition) is 1. The minimum absolute atomic E-state index is 0.0492. The molecular weight excluding hydrogens is 262 g/mol. The van der Waals surface area contributed by atoms with Crippen molar-refractivity contribution in [1.82, 2.24) is 4.98 Å². The van der Waals surface area contributed by atoms with E-state index in [0.717, 1.165) is 23.4 Å². The van der Waals surface area contributed by atoms with Crippen LogP contribution < -0.4 is 10.6 Å². The largest absolute Gasteiger partial charge is 0.384 e. The van der Waals surface area contributed by atoms with Gasteiger partial charge in [-0.1, -0.05) is 19.1 Å². The molecule has 0 unspecified atom stereocenters. The average Bonchev–Trinajstić information content (AvgIpc) is 2.47. The van der Waals surface area contributed by atoms with Crippen LogP contribution in [-0.2, 0) is 6.42 Å². The number of hydrogen-bond acceptors (Lipinski definition) is 3. The second kappa shape index (κ2) is 6.39. The Hall–Kier alpha value is -2.36. The van der Waals surface area contributed by atoms with E-state index in [-0.39, 0.29) is 5.91 Å². The van der Waals surface area contributed by atoms with Gasteiger partial charge in [-0.3, -0.25) is 4.79 Å².